The van der Waals surface area contributed by atoms with Crippen molar-refractivity contribution in [2.45, 2.75) is 61.5 Å². The van der Waals surface area contributed by atoms with Crippen molar-refractivity contribution in [1.82, 2.24) is 9.21 Å². The van der Waals surface area contributed by atoms with Gasteiger partial charge in [-0.1, -0.05) is 17.7 Å². The number of benzene rings is 1. The Morgan fingerprint density at radius 2 is 1.56 bits per heavy atom. The summed E-state index contributed by atoms with van der Waals surface area (Å²) in [5, 5.41) is 0.386. The molecule has 1 aromatic carbocycles. The van der Waals surface area contributed by atoms with E-state index in [9.17, 15) is 18.0 Å². The average Bonchev–Trinajstić information content (AvgIpc) is 3.04. The Bertz CT molecular complexity index is 811. The summed E-state index contributed by atoms with van der Waals surface area (Å²) in [7, 11) is -3.63. The van der Waals surface area contributed by atoms with Crippen LogP contribution in [0.15, 0.2) is 29.2 Å². The first-order chi connectivity index (χ1) is 11.9. The third-order valence-electron chi connectivity index (χ3n) is 5.47. The quantitative estimate of drug-likeness (QED) is 0.751. The van der Waals surface area contributed by atoms with Gasteiger partial charge in [0.1, 0.15) is 0 Å². The van der Waals surface area contributed by atoms with Gasteiger partial charge >= 0.3 is 0 Å². The number of halogens is 1. The van der Waals surface area contributed by atoms with Gasteiger partial charge in [0, 0.05) is 36.0 Å². The van der Waals surface area contributed by atoms with Crippen LogP contribution in [0.3, 0.4) is 0 Å². The van der Waals surface area contributed by atoms with Gasteiger partial charge in [-0.15, -0.1) is 0 Å². The van der Waals surface area contributed by atoms with Crippen molar-refractivity contribution in [2.24, 2.45) is 0 Å². The second-order valence-corrected chi connectivity index (χ2v) is 9.24. The van der Waals surface area contributed by atoms with Crippen molar-refractivity contribution in [3.63, 3.8) is 0 Å². The molecule has 0 N–H and O–H groups in total. The van der Waals surface area contributed by atoms with Crippen LogP contribution in [0.1, 0.15) is 38.5 Å². The number of carbonyl (C=O) groups is 2. The van der Waals surface area contributed by atoms with E-state index in [1.807, 2.05) is 0 Å². The summed E-state index contributed by atoms with van der Waals surface area (Å²) < 4.78 is 27.7. The first kappa shape index (κ1) is 17.0. The SMILES string of the molecule is O=C1CCC(=O)N1C1CC2CCC(C1)N2S(=O)(=O)c1cccc(Cl)c1. The summed E-state index contributed by atoms with van der Waals surface area (Å²) in [6.45, 7) is 0. The van der Waals surface area contributed by atoms with Crippen LogP contribution in [0.25, 0.3) is 0 Å². The number of fused-ring (bicyclic) bond motifs is 2. The zero-order chi connectivity index (χ0) is 17.8. The number of amides is 2. The monoisotopic (exact) mass is 382 g/mol. The molecule has 134 valence electrons. The maximum Gasteiger partial charge on any atom is 0.243 e. The fraction of sp³-hybridized carbons (Fsp3) is 0.529. The zero-order valence-electron chi connectivity index (χ0n) is 13.6. The van der Waals surface area contributed by atoms with E-state index in [0.717, 1.165) is 12.8 Å². The molecule has 2 bridgehead atoms. The van der Waals surface area contributed by atoms with E-state index < -0.39 is 10.0 Å². The van der Waals surface area contributed by atoms with Gasteiger partial charge in [-0.3, -0.25) is 14.5 Å². The van der Waals surface area contributed by atoms with Crippen molar-refractivity contribution < 1.29 is 18.0 Å². The molecule has 3 saturated heterocycles. The van der Waals surface area contributed by atoms with Gasteiger partial charge in [0.15, 0.2) is 0 Å². The molecule has 8 heteroatoms. The first-order valence-corrected chi connectivity index (χ1v) is 10.3. The second-order valence-electron chi connectivity index (χ2n) is 6.96. The summed E-state index contributed by atoms with van der Waals surface area (Å²) in [5.74, 6) is -0.249. The number of hydrogen-bond donors (Lipinski definition) is 0. The maximum atomic E-state index is 13.1. The van der Waals surface area contributed by atoms with Crippen molar-refractivity contribution in [3.8, 4) is 0 Å². The molecule has 0 radical (unpaired) electrons. The summed E-state index contributed by atoms with van der Waals surface area (Å²) in [6.07, 6.45) is 3.11. The van der Waals surface area contributed by atoms with E-state index in [1.165, 1.54) is 11.0 Å². The van der Waals surface area contributed by atoms with Crippen LogP contribution < -0.4 is 0 Å². The molecule has 1 aromatic rings. The molecule has 3 heterocycles. The zero-order valence-corrected chi connectivity index (χ0v) is 15.2. The minimum absolute atomic E-state index is 0.124. The Morgan fingerprint density at radius 1 is 0.960 bits per heavy atom. The molecule has 2 atom stereocenters. The van der Waals surface area contributed by atoms with Crippen molar-refractivity contribution in [3.05, 3.63) is 29.3 Å². The smallest absolute Gasteiger partial charge is 0.243 e. The molecule has 4 rings (SSSR count). The molecule has 6 nitrogen and oxygen atoms in total. The number of piperidine rings is 1. The summed E-state index contributed by atoms with van der Waals surface area (Å²) in [4.78, 5) is 25.6. The van der Waals surface area contributed by atoms with E-state index in [4.69, 9.17) is 11.6 Å². The number of hydrogen-bond acceptors (Lipinski definition) is 4. The lowest BCUT2D eigenvalue weighted by Crippen LogP contribution is -2.53. The first-order valence-electron chi connectivity index (χ1n) is 8.52. The highest BCUT2D eigenvalue weighted by Crippen LogP contribution is 2.42. The van der Waals surface area contributed by atoms with Crippen LogP contribution in [0.5, 0.6) is 0 Å². The predicted octanol–water partition coefficient (Wildman–Crippen LogP) is 2.17. The summed E-state index contributed by atoms with van der Waals surface area (Å²) in [5.41, 5.74) is 0. The molecule has 3 aliphatic rings. The Labute approximate surface area is 151 Å². The van der Waals surface area contributed by atoms with Gasteiger partial charge < -0.3 is 0 Å². The van der Waals surface area contributed by atoms with Gasteiger partial charge in [0.2, 0.25) is 21.8 Å². The summed E-state index contributed by atoms with van der Waals surface area (Å²) >= 11 is 5.95. The maximum absolute atomic E-state index is 13.1. The number of carbonyl (C=O) groups excluding carboxylic acids is 2. The van der Waals surface area contributed by atoms with Gasteiger partial charge in [0.05, 0.1) is 4.90 Å². The van der Waals surface area contributed by atoms with E-state index in [1.54, 1.807) is 22.5 Å². The third-order valence-corrected chi connectivity index (χ3v) is 7.70. The Hall–Kier alpha value is -1.44. The number of sulfonamides is 1. The highest BCUT2D eigenvalue weighted by Gasteiger charge is 2.50. The van der Waals surface area contributed by atoms with E-state index in [-0.39, 0.29) is 47.7 Å². The molecule has 0 aliphatic carbocycles. The minimum atomic E-state index is -3.63. The largest absolute Gasteiger partial charge is 0.279 e. The van der Waals surface area contributed by atoms with Crippen molar-refractivity contribution in [1.29, 1.82) is 0 Å². The van der Waals surface area contributed by atoms with Crippen LogP contribution >= 0.6 is 11.6 Å². The van der Waals surface area contributed by atoms with Crippen LogP contribution in [-0.2, 0) is 19.6 Å². The normalized spacial score (nSPS) is 30.3. The van der Waals surface area contributed by atoms with Crippen LogP contribution in [0, 0.1) is 0 Å². The Balaban J connectivity index is 1.61. The van der Waals surface area contributed by atoms with Crippen LogP contribution in [0.4, 0.5) is 0 Å². The topological polar surface area (TPSA) is 74.8 Å². The highest BCUT2D eigenvalue weighted by atomic mass is 35.5. The number of likely N-dealkylation sites (tertiary alicyclic amines) is 1. The molecule has 0 aromatic heterocycles. The van der Waals surface area contributed by atoms with Gasteiger partial charge in [-0.05, 0) is 43.9 Å². The Morgan fingerprint density at radius 3 is 2.12 bits per heavy atom. The molecule has 0 spiro atoms. The van der Waals surface area contributed by atoms with Gasteiger partial charge in [-0.25, -0.2) is 8.42 Å². The second kappa shape index (κ2) is 6.07. The number of rotatable bonds is 3. The van der Waals surface area contributed by atoms with Crippen LogP contribution in [0.2, 0.25) is 5.02 Å². The van der Waals surface area contributed by atoms with Gasteiger partial charge in [0.25, 0.3) is 0 Å². The van der Waals surface area contributed by atoms with Crippen molar-refractivity contribution >= 4 is 33.4 Å². The fourth-order valence-corrected chi connectivity index (χ4v) is 6.65. The molecule has 3 aliphatic heterocycles. The average molecular weight is 383 g/mol. The lowest BCUT2D eigenvalue weighted by molar-refractivity contribution is -0.142. The minimum Gasteiger partial charge on any atom is -0.279 e. The molecule has 0 saturated carbocycles. The summed E-state index contributed by atoms with van der Waals surface area (Å²) in [6, 6.07) is 5.78. The molecule has 2 unspecified atom stereocenters. The molecule has 25 heavy (non-hydrogen) atoms. The lowest BCUT2D eigenvalue weighted by atomic mass is 9.98. The third kappa shape index (κ3) is 2.78. The molecular formula is C17H19ClN2O4S. The van der Waals surface area contributed by atoms with Crippen LogP contribution in [-0.4, -0.2) is 47.6 Å². The lowest BCUT2D eigenvalue weighted by Gasteiger charge is -2.40. The van der Waals surface area contributed by atoms with E-state index in [0.29, 0.717) is 17.9 Å². The highest BCUT2D eigenvalue weighted by molar-refractivity contribution is 7.89. The van der Waals surface area contributed by atoms with E-state index in [2.05, 4.69) is 0 Å². The molecule has 3 fully saturated rings. The predicted molar refractivity (Wildman–Crippen MR) is 91.4 cm³/mol. The fourth-order valence-electron chi connectivity index (χ4n) is 4.46. The Kier molecular flexibility index (Phi) is 4.13. The van der Waals surface area contributed by atoms with Crippen molar-refractivity contribution in [2.75, 3.05) is 0 Å². The number of imide groups is 1. The number of nitrogens with zero attached hydrogens (tertiary/aromatic N) is 2. The molecular weight excluding hydrogens is 364 g/mol. The standard InChI is InChI=1S/C17H19ClN2O4S/c18-11-2-1-3-15(8-11)25(23,24)20-12-4-5-13(20)10-14(9-12)19-16(21)6-7-17(19)22/h1-3,8,12-14H,4-7,9-10H2. The van der Waals surface area contributed by atoms with E-state index >= 15 is 0 Å². The molecule has 2 amide bonds. The van der Waals surface area contributed by atoms with Gasteiger partial charge in [-0.2, -0.15) is 4.31 Å².